The van der Waals surface area contributed by atoms with E-state index in [1.54, 1.807) is 0 Å². The van der Waals surface area contributed by atoms with Crippen molar-refractivity contribution in [3.8, 4) is 5.75 Å². The second kappa shape index (κ2) is 10.1. The molecule has 0 atom stereocenters. The highest BCUT2D eigenvalue weighted by molar-refractivity contribution is 5.80. The van der Waals surface area contributed by atoms with Crippen molar-refractivity contribution in [2.75, 3.05) is 38.2 Å². The molecular formula is C15H24N2O3. The number of amides is 1. The summed E-state index contributed by atoms with van der Waals surface area (Å²) in [5.41, 5.74) is 0.901. The Bertz CT molecular complexity index is 379. The van der Waals surface area contributed by atoms with Crippen LogP contribution in [0.5, 0.6) is 5.75 Å². The van der Waals surface area contributed by atoms with Crippen molar-refractivity contribution < 1.29 is 14.3 Å². The van der Waals surface area contributed by atoms with Gasteiger partial charge in [0.25, 0.3) is 0 Å². The van der Waals surface area contributed by atoms with Crippen LogP contribution in [0.1, 0.15) is 20.3 Å². The standard InChI is InChI=1S/C15H24N2O3/c1-3-19-11-5-10-16-15(18)12-17-13-6-8-14(9-7-13)20-4-2/h6-9,17H,3-5,10-12H2,1-2H3,(H,16,18). The topological polar surface area (TPSA) is 59.6 Å². The van der Waals surface area contributed by atoms with Crippen LogP contribution >= 0.6 is 0 Å². The van der Waals surface area contributed by atoms with E-state index in [1.807, 2.05) is 38.1 Å². The minimum absolute atomic E-state index is 0.0182. The van der Waals surface area contributed by atoms with Crippen molar-refractivity contribution in [3.63, 3.8) is 0 Å². The zero-order chi connectivity index (χ0) is 14.6. The first kappa shape index (κ1) is 16.3. The van der Waals surface area contributed by atoms with Crippen LogP contribution in [0.25, 0.3) is 0 Å². The lowest BCUT2D eigenvalue weighted by Gasteiger charge is -2.09. The van der Waals surface area contributed by atoms with Crippen LogP contribution in [-0.4, -0.2) is 38.8 Å². The van der Waals surface area contributed by atoms with Gasteiger partial charge in [0, 0.05) is 25.4 Å². The molecule has 0 saturated heterocycles. The molecule has 2 N–H and O–H groups in total. The zero-order valence-corrected chi connectivity index (χ0v) is 12.3. The first-order chi connectivity index (χ1) is 9.76. The minimum Gasteiger partial charge on any atom is -0.494 e. The number of nitrogens with one attached hydrogen (secondary N) is 2. The van der Waals surface area contributed by atoms with Crippen LogP contribution in [-0.2, 0) is 9.53 Å². The first-order valence-corrected chi connectivity index (χ1v) is 7.07. The van der Waals surface area contributed by atoms with E-state index in [0.29, 0.717) is 26.4 Å². The molecule has 1 rings (SSSR count). The van der Waals surface area contributed by atoms with Crippen LogP contribution in [0, 0.1) is 0 Å². The van der Waals surface area contributed by atoms with Crippen LogP contribution < -0.4 is 15.4 Å². The van der Waals surface area contributed by atoms with Crippen LogP contribution in [0.3, 0.4) is 0 Å². The highest BCUT2D eigenvalue weighted by atomic mass is 16.5. The largest absolute Gasteiger partial charge is 0.494 e. The van der Waals surface area contributed by atoms with Crippen molar-refractivity contribution in [1.29, 1.82) is 0 Å². The fourth-order valence-electron chi connectivity index (χ4n) is 1.63. The normalized spacial score (nSPS) is 10.1. The molecule has 0 unspecified atom stereocenters. The van der Waals surface area contributed by atoms with Crippen molar-refractivity contribution in [2.45, 2.75) is 20.3 Å². The molecule has 0 aromatic heterocycles. The van der Waals surface area contributed by atoms with E-state index in [1.165, 1.54) is 0 Å². The summed E-state index contributed by atoms with van der Waals surface area (Å²) < 4.78 is 10.5. The molecular weight excluding hydrogens is 256 g/mol. The third-order valence-electron chi connectivity index (χ3n) is 2.61. The first-order valence-electron chi connectivity index (χ1n) is 7.07. The molecule has 20 heavy (non-hydrogen) atoms. The van der Waals surface area contributed by atoms with Gasteiger partial charge in [-0.15, -0.1) is 0 Å². The molecule has 1 aromatic carbocycles. The van der Waals surface area contributed by atoms with Crippen LogP contribution in [0.15, 0.2) is 24.3 Å². The van der Waals surface area contributed by atoms with Crippen molar-refractivity contribution in [1.82, 2.24) is 5.32 Å². The van der Waals surface area contributed by atoms with Crippen molar-refractivity contribution in [2.24, 2.45) is 0 Å². The maximum Gasteiger partial charge on any atom is 0.239 e. The summed E-state index contributed by atoms with van der Waals surface area (Å²) in [5.74, 6) is 0.814. The molecule has 0 aliphatic rings. The highest BCUT2D eigenvalue weighted by Crippen LogP contribution is 2.15. The zero-order valence-electron chi connectivity index (χ0n) is 12.3. The van der Waals surface area contributed by atoms with E-state index >= 15 is 0 Å². The number of ether oxygens (including phenoxy) is 2. The van der Waals surface area contributed by atoms with E-state index in [-0.39, 0.29) is 12.5 Å². The van der Waals surface area contributed by atoms with E-state index in [0.717, 1.165) is 17.9 Å². The fourth-order valence-corrected chi connectivity index (χ4v) is 1.63. The quantitative estimate of drug-likeness (QED) is 0.644. The summed E-state index contributed by atoms with van der Waals surface area (Å²) in [4.78, 5) is 11.6. The Kier molecular flexibility index (Phi) is 8.22. The molecule has 5 heteroatoms. The van der Waals surface area contributed by atoms with Gasteiger partial charge in [-0.3, -0.25) is 4.79 Å². The average molecular weight is 280 g/mol. The highest BCUT2D eigenvalue weighted by Gasteiger charge is 2.00. The lowest BCUT2D eigenvalue weighted by Crippen LogP contribution is -2.31. The second-order valence-corrected chi connectivity index (χ2v) is 4.21. The third kappa shape index (κ3) is 6.99. The summed E-state index contributed by atoms with van der Waals surface area (Å²) in [6, 6.07) is 7.55. The number of hydrogen-bond acceptors (Lipinski definition) is 4. The molecule has 0 spiro atoms. The maximum atomic E-state index is 11.6. The fraction of sp³-hybridized carbons (Fsp3) is 0.533. The molecule has 0 saturated carbocycles. The Morgan fingerprint density at radius 1 is 1.15 bits per heavy atom. The SMILES string of the molecule is CCOCCCNC(=O)CNc1ccc(OCC)cc1. The molecule has 5 nitrogen and oxygen atoms in total. The van der Waals surface area contributed by atoms with Gasteiger partial charge in [0.2, 0.25) is 5.91 Å². The molecule has 112 valence electrons. The molecule has 0 aliphatic carbocycles. The Balaban J connectivity index is 2.16. The lowest BCUT2D eigenvalue weighted by atomic mass is 10.3. The van der Waals surface area contributed by atoms with Gasteiger partial charge >= 0.3 is 0 Å². The average Bonchev–Trinajstić information content (AvgIpc) is 2.47. The molecule has 0 bridgehead atoms. The van der Waals surface area contributed by atoms with Crippen LogP contribution in [0.2, 0.25) is 0 Å². The van der Waals surface area contributed by atoms with Gasteiger partial charge < -0.3 is 20.1 Å². The molecule has 0 radical (unpaired) electrons. The van der Waals surface area contributed by atoms with Gasteiger partial charge in [-0.2, -0.15) is 0 Å². The van der Waals surface area contributed by atoms with E-state index in [4.69, 9.17) is 9.47 Å². The van der Waals surface area contributed by atoms with Crippen LogP contribution in [0.4, 0.5) is 5.69 Å². The summed E-state index contributed by atoms with van der Waals surface area (Å²) in [6.45, 7) is 6.86. The Morgan fingerprint density at radius 3 is 2.55 bits per heavy atom. The summed E-state index contributed by atoms with van der Waals surface area (Å²) >= 11 is 0. The smallest absolute Gasteiger partial charge is 0.239 e. The monoisotopic (exact) mass is 280 g/mol. The number of rotatable bonds is 10. The third-order valence-corrected chi connectivity index (χ3v) is 2.61. The van der Waals surface area contributed by atoms with Gasteiger partial charge in [-0.1, -0.05) is 0 Å². The van der Waals surface area contributed by atoms with Gasteiger partial charge in [0.15, 0.2) is 0 Å². The van der Waals surface area contributed by atoms with Gasteiger partial charge in [-0.05, 0) is 44.5 Å². The predicted molar refractivity (Wildman–Crippen MR) is 80.2 cm³/mol. The Hall–Kier alpha value is -1.75. The van der Waals surface area contributed by atoms with Crippen molar-refractivity contribution in [3.05, 3.63) is 24.3 Å². The summed E-state index contributed by atoms with van der Waals surface area (Å²) in [7, 11) is 0. The number of hydrogen-bond donors (Lipinski definition) is 2. The molecule has 0 aliphatic heterocycles. The van der Waals surface area contributed by atoms with E-state index in [2.05, 4.69) is 10.6 Å². The van der Waals surface area contributed by atoms with Gasteiger partial charge in [-0.25, -0.2) is 0 Å². The Labute approximate surface area is 120 Å². The maximum absolute atomic E-state index is 11.6. The number of anilines is 1. The predicted octanol–water partition coefficient (Wildman–Crippen LogP) is 2.04. The summed E-state index contributed by atoms with van der Waals surface area (Å²) in [6.07, 6.45) is 0.836. The van der Waals surface area contributed by atoms with E-state index < -0.39 is 0 Å². The molecule has 0 heterocycles. The second-order valence-electron chi connectivity index (χ2n) is 4.21. The molecule has 1 aromatic rings. The summed E-state index contributed by atoms with van der Waals surface area (Å²) in [5, 5.41) is 5.90. The number of carbonyl (C=O) groups is 1. The minimum atomic E-state index is -0.0182. The number of benzene rings is 1. The van der Waals surface area contributed by atoms with Gasteiger partial charge in [0.1, 0.15) is 5.75 Å². The number of carbonyl (C=O) groups excluding carboxylic acids is 1. The Morgan fingerprint density at radius 2 is 1.90 bits per heavy atom. The van der Waals surface area contributed by atoms with E-state index in [9.17, 15) is 4.79 Å². The molecule has 1 amide bonds. The van der Waals surface area contributed by atoms with Crippen molar-refractivity contribution >= 4 is 11.6 Å². The van der Waals surface area contributed by atoms with Gasteiger partial charge in [0.05, 0.1) is 13.2 Å². The lowest BCUT2D eigenvalue weighted by molar-refractivity contribution is -0.119. The molecule has 0 fully saturated rings.